The average molecular weight is 337 g/mol. The van der Waals surface area contributed by atoms with Crippen LogP contribution in [-0.2, 0) is 16.1 Å². The van der Waals surface area contributed by atoms with Gasteiger partial charge in [0.2, 0.25) is 5.91 Å². The summed E-state index contributed by atoms with van der Waals surface area (Å²) in [5.41, 5.74) is 1.33. The van der Waals surface area contributed by atoms with Gasteiger partial charge >= 0.3 is 5.97 Å². The van der Waals surface area contributed by atoms with Gasteiger partial charge in [-0.15, -0.1) is 0 Å². The van der Waals surface area contributed by atoms with Gasteiger partial charge in [-0.25, -0.2) is 0 Å². The summed E-state index contributed by atoms with van der Waals surface area (Å²) in [4.78, 5) is 29.7. The minimum absolute atomic E-state index is 0.0633. The summed E-state index contributed by atoms with van der Waals surface area (Å²) in [6, 6.07) is 1.65. The maximum absolute atomic E-state index is 12.4. The molecule has 2 saturated heterocycles. The average Bonchev–Trinajstić information content (AvgIpc) is 3.19. The number of aliphatic carboxylic acids is 1. The zero-order chi connectivity index (χ0) is 16.2. The van der Waals surface area contributed by atoms with Crippen molar-refractivity contribution in [2.24, 2.45) is 0 Å². The van der Waals surface area contributed by atoms with Gasteiger partial charge in [-0.2, -0.15) is 11.3 Å². The lowest BCUT2D eigenvalue weighted by Gasteiger charge is -2.35. The highest BCUT2D eigenvalue weighted by Gasteiger charge is 2.33. The second-order valence-electron chi connectivity index (χ2n) is 6.26. The molecule has 1 aromatic heterocycles. The molecule has 2 fully saturated rings. The van der Waals surface area contributed by atoms with Gasteiger partial charge in [0.25, 0.3) is 0 Å². The maximum atomic E-state index is 12.4. The van der Waals surface area contributed by atoms with Crippen LogP contribution in [0, 0.1) is 0 Å². The lowest BCUT2D eigenvalue weighted by molar-refractivity contribution is -0.143. The second-order valence-corrected chi connectivity index (χ2v) is 7.04. The molecule has 1 aromatic rings. The van der Waals surface area contributed by atoms with E-state index in [4.69, 9.17) is 0 Å². The van der Waals surface area contributed by atoms with E-state index >= 15 is 0 Å². The molecule has 1 N–H and O–H groups in total. The van der Waals surface area contributed by atoms with Gasteiger partial charge in [-0.1, -0.05) is 0 Å². The maximum Gasteiger partial charge on any atom is 0.320 e. The van der Waals surface area contributed by atoms with Crippen LogP contribution in [0.5, 0.6) is 0 Å². The molecule has 23 heavy (non-hydrogen) atoms. The second kappa shape index (κ2) is 7.42. The highest BCUT2D eigenvalue weighted by Crippen LogP contribution is 2.18. The van der Waals surface area contributed by atoms with Crippen LogP contribution < -0.4 is 0 Å². The van der Waals surface area contributed by atoms with Gasteiger partial charge in [-0.3, -0.25) is 19.4 Å². The quantitative estimate of drug-likeness (QED) is 0.866. The van der Waals surface area contributed by atoms with E-state index in [0.717, 1.165) is 39.1 Å². The van der Waals surface area contributed by atoms with E-state index < -0.39 is 12.0 Å². The summed E-state index contributed by atoms with van der Waals surface area (Å²) in [6.07, 6.45) is 1.51. The molecule has 0 radical (unpaired) electrons. The number of thiophene rings is 1. The first-order chi connectivity index (χ1) is 11.1. The third-order valence-electron chi connectivity index (χ3n) is 4.70. The SMILES string of the molecule is O=C(O)[C@H]1CCCN1CC(=O)N1CCN(Cc2ccsc2)CC1. The molecule has 0 aliphatic carbocycles. The lowest BCUT2D eigenvalue weighted by atomic mass is 10.2. The predicted octanol–water partition coefficient (Wildman–Crippen LogP) is 0.941. The summed E-state index contributed by atoms with van der Waals surface area (Å²) in [5.74, 6) is -0.746. The van der Waals surface area contributed by atoms with E-state index in [2.05, 4.69) is 21.7 Å². The van der Waals surface area contributed by atoms with E-state index in [1.165, 1.54) is 5.56 Å². The van der Waals surface area contributed by atoms with Crippen molar-refractivity contribution < 1.29 is 14.7 Å². The van der Waals surface area contributed by atoms with Crippen LogP contribution >= 0.6 is 11.3 Å². The molecule has 126 valence electrons. The van der Waals surface area contributed by atoms with Crippen LogP contribution in [0.3, 0.4) is 0 Å². The van der Waals surface area contributed by atoms with Crippen molar-refractivity contribution in [2.45, 2.75) is 25.4 Å². The number of carbonyl (C=O) groups excluding carboxylic acids is 1. The summed E-state index contributed by atoms with van der Waals surface area (Å²) in [7, 11) is 0. The topological polar surface area (TPSA) is 64.1 Å². The van der Waals surface area contributed by atoms with E-state index in [9.17, 15) is 14.7 Å². The molecule has 7 heteroatoms. The summed E-state index contributed by atoms with van der Waals surface area (Å²) in [5, 5.41) is 13.4. The molecule has 1 atom stereocenters. The number of carboxylic acid groups (broad SMARTS) is 1. The van der Waals surface area contributed by atoms with Crippen LogP contribution in [0.25, 0.3) is 0 Å². The number of rotatable bonds is 5. The number of hydrogen-bond acceptors (Lipinski definition) is 5. The van der Waals surface area contributed by atoms with Crippen molar-refractivity contribution in [2.75, 3.05) is 39.3 Å². The number of carboxylic acids is 1. The van der Waals surface area contributed by atoms with Gasteiger partial charge in [0, 0.05) is 32.7 Å². The molecule has 0 aromatic carbocycles. The number of amides is 1. The Morgan fingerprint density at radius 1 is 1.22 bits per heavy atom. The molecule has 1 amide bonds. The Labute approximate surface area is 140 Å². The highest BCUT2D eigenvalue weighted by atomic mass is 32.1. The monoisotopic (exact) mass is 337 g/mol. The molecule has 0 saturated carbocycles. The molecule has 0 bridgehead atoms. The van der Waals surface area contributed by atoms with Gasteiger partial charge in [0.15, 0.2) is 0 Å². The number of likely N-dealkylation sites (tertiary alicyclic amines) is 1. The van der Waals surface area contributed by atoms with E-state index in [1.807, 2.05) is 9.80 Å². The third-order valence-corrected chi connectivity index (χ3v) is 5.43. The Bertz CT molecular complexity index is 541. The van der Waals surface area contributed by atoms with E-state index in [-0.39, 0.29) is 12.5 Å². The molecule has 0 spiro atoms. The van der Waals surface area contributed by atoms with Crippen LogP contribution in [0.15, 0.2) is 16.8 Å². The molecular weight excluding hydrogens is 314 g/mol. The van der Waals surface area contributed by atoms with Crippen LogP contribution in [0.1, 0.15) is 18.4 Å². The molecule has 3 heterocycles. The zero-order valence-electron chi connectivity index (χ0n) is 13.2. The van der Waals surface area contributed by atoms with Gasteiger partial charge in [0.1, 0.15) is 6.04 Å². The molecule has 6 nitrogen and oxygen atoms in total. The fourth-order valence-electron chi connectivity index (χ4n) is 3.36. The molecule has 2 aliphatic heterocycles. The molecule has 0 unspecified atom stereocenters. The Balaban J connectivity index is 1.45. The van der Waals surface area contributed by atoms with E-state index in [1.54, 1.807) is 11.3 Å². The normalized spacial score (nSPS) is 23.3. The Morgan fingerprint density at radius 3 is 2.65 bits per heavy atom. The third kappa shape index (κ3) is 4.10. The molecule has 2 aliphatic rings. The van der Waals surface area contributed by atoms with Crippen LogP contribution in [0.2, 0.25) is 0 Å². The van der Waals surface area contributed by atoms with Crippen molar-refractivity contribution in [3.05, 3.63) is 22.4 Å². The Kier molecular flexibility index (Phi) is 5.30. The fourth-order valence-corrected chi connectivity index (χ4v) is 4.02. The first-order valence-electron chi connectivity index (χ1n) is 8.11. The minimum atomic E-state index is -0.809. The number of nitrogens with zero attached hydrogens (tertiary/aromatic N) is 3. The zero-order valence-corrected chi connectivity index (χ0v) is 14.0. The summed E-state index contributed by atoms with van der Waals surface area (Å²) in [6.45, 7) is 5.11. The van der Waals surface area contributed by atoms with Crippen LogP contribution in [0.4, 0.5) is 0 Å². The van der Waals surface area contributed by atoms with Crippen molar-refractivity contribution in [3.63, 3.8) is 0 Å². The highest BCUT2D eigenvalue weighted by molar-refractivity contribution is 7.07. The first-order valence-corrected chi connectivity index (χ1v) is 9.06. The number of hydrogen-bond donors (Lipinski definition) is 1. The van der Waals surface area contributed by atoms with Gasteiger partial charge < -0.3 is 10.0 Å². The summed E-state index contributed by atoms with van der Waals surface area (Å²) < 4.78 is 0. The lowest BCUT2D eigenvalue weighted by Crippen LogP contribution is -2.51. The van der Waals surface area contributed by atoms with Crippen molar-refractivity contribution >= 4 is 23.2 Å². The van der Waals surface area contributed by atoms with Gasteiger partial charge in [0.05, 0.1) is 6.54 Å². The van der Waals surface area contributed by atoms with E-state index in [0.29, 0.717) is 13.0 Å². The minimum Gasteiger partial charge on any atom is -0.480 e. The van der Waals surface area contributed by atoms with Crippen LogP contribution in [-0.4, -0.2) is 77.0 Å². The van der Waals surface area contributed by atoms with Crippen molar-refractivity contribution in [1.82, 2.24) is 14.7 Å². The number of carbonyl (C=O) groups is 2. The standard InChI is InChI=1S/C16H23N3O3S/c20-15(11-19-4-1-2-14(19)16(21)22)18-7-5-17(6-8-18)10-13-3-9-23-12-13/h3,9,12,14H,1-2,4-8,10-11H2,(H,21,22)/t14-/m1/s1. The Hall–Kier alpha value is -1.44. The molecular formula is C16H23N3O3S. The van der Waals surface area contributed by atoms with Gasteiger partial charge in [-0.05, 0) is 41.8 Å². The molecule has 3 rings (SSSR count). The summed E-state index contributed by atoms with van der Waals surface area (Å²) >= 11 is 1.71. The van der Waals surface area contributed by atoms with Crippen molar-refractivity contribution in [3.8, 4) is 0 Å². The first kappa shape index (κ1) is 16.4. The predicted molar refractivity (Wildman–Crippen MR) is 88.4 cm³/mol. The fraction of sp³-hybridized carbons (Fsp3) is 0.625. The Morgan fingerprint density at radius 2 is 2.00 bits per heavy atom. The van der Waals surface area contributed by atoms with Crippen molar-refractivity contribution in [1.29, 1.82) is 0 Å². The smallest absolute Gasteiger partial charge is 0.320 e. The largest absolute Gasteiger partial charge is 0.480 e. The number of piperazine rings is 1.